The summed E-state index contributed by atoms with van der Waals surface area (Å²) in [6.45, 7) is 13.6. The maximum absolute atomic E-state index is 8.52. The topological polar surface area (TPSA) is 31.0 Å². The van der Waals surface area contributed by atoms with Crippen LogP contribution in [-0.4, -0.2) is 9.55 Å². The quantitative estimate of drug-likeness (QED) is 0.240. The first-order valence-corrected chi connectivity index (χ1v) is 12.7. The highest BCUT2D eigenvalue weighted by Crippen LogP contribution is 2.36. The summed E-state index contributed by atoms with van der Waals surface area (Å²) in [5.74, 6) is 1.56. The van der Waals surface area contributed by atoms with Crippen LogP contribution in [0.4, 0.5) is 0 Å². The lowest BCUT2D eigenvalue weighted by atomic mass is 9.88. The molecule has 0 fully saturated rings. The van der Waals surface area contributed by atoms with Crippen molar-refractivity contribution in [2.45, 2.75) is 66.3 Å². The van der Waals surface area contributed by atoms with Crippen LogP contribution in [0.15, 0.2) is 71.3 Å². The molecule has 3 nitrogen and oxygen atoms in total. The number of aromatic nitrogens is 2. The minimum Gasteiger partial charge on any atom is -0.464 e. The van der Waals surface area contributed by atoms with E-state index in [0.29, 0.717) is 23.0 Å². The van der Waals surface area contributed by atoms with Crippen molar-refractivity contribution < 1.29 is 7.16 Å². The second-order valence-electron chi connectivity index (χ2n) is 10.4. The molecule has 0 aliphatic carbocycles. The van der Waals surface area contributed by atoms with Crippen molar-refractivity contribution in [1.82, 2.24) is 9.55 Å². The average molecular weight is 467 g/mol. The maximum Gasteiger partial charge on any atom is 0.145 e. The number of para-hydroxylation sites is 2. The molecule has 0 saturated carbocycles. The van der Waals surface area contributed by atoms with Crippen molar-refractivity contribution in [2.75, 3.05) is 0 Å². The summed E-state index contributed by atoms with van der Waals surface area (Å²) < 4.78 is 25.4. The second-order valence-corrected chi connectivity index (χ2v) is 10.4. The Morgan fingerprint density at radius 3 is 2.29 bits per heavy atom. The fraction of sp³-hybridized carbons (Fsp3) is 0.344. The van der Waals surface area contributed by atoms with E-state index < -0.39 is 6.37 Å². The van der Waals surface area contributed by atoms with Crippen LogP contribution in [-0.2, 0) is 12.9 Å². The third kappa shape index (κ3) is 4.40. The molecule has 0 radical (unpaired) electrons. The van der Waals surface area contributed by atoms with Crippen LogP contribution in [0.5, 0.6) is 0 Å². The smallest absolute Gasteiger partial charge is 0.145 e. The van der Waals surface area contributed by atoms with Crippen LogP contribution in [0, 0.1) is 5.92 Å². The molecule has 0 amide bonds. The van der Waals surface area contributed by atoms with Crippen molar-refractivity contribution in [1.29, 1.82) is 0 Å². The van der Waals surface area contributed by atoms with E-state index in [4.69, 9.17) is 12.1 Å². The Hall–Kier alpha value is -3.33. The van der Waals surface area contributed by atoms with Crippen LogP contribution < -0.4 is 0 Å². The molecule has 35 heavy (non-hydrogen) atoms. The Balaban J connectivity index is 1.70. The molecule has 2 heterocycles. The standard InChI is InChI=1S/C32H36N2O/c1-20(2)16-23-14-15-26-28(19-35-31(26)17-23)32-33-29-12-7-8-13-30(29)34(32)18-27-24(21(3)4)10-9-11-25(27)22(5)6/h7-15,17,19-22H,16,18H2,1-6H3/i16D2. The minimum atomic E-state index is -1.43. The van der Waals surface area contributed by atoms with E-state index in [1.807, 2.05) is 38.1 Å². The van der Waals surface area contributed by atoms with Crippen LogP contribution in [0.25, 0.3) is 33.4 Å². The van der Waals surface area contributed by atoms with Gasteiger partial charge in [-0.15, -0.1) is 0 Å². The number of fused-ring (bicyclic) bond motifs is 2. The average Bonchev–Trinajstić information content (AvgIpc) is 3.44. The maximum atomic E-state index is 8.52. The summed E-state index contributed by atoms with van der Waals surface area (Å²) in [5.41, 5.74) is 8.38. The van der Waals surface area contributed by atoms with Crippen molar-refractivity contribution in [2.24, 2.45) is 5.92 Å². The van der Waals surface area contributed by atoms with Gasteiger partial charge in [0, 0.05) is 8.13 Å². The van der Waals surface area contributed by atoms with Crippen LogP contribution in [0.1, 0.15) is 78.4 Å². The number of furan rings is 1. The van der Waals surface area contributed by atoms with Gasteiger partial charge in [0.05, 0.1) is 23.1 Å². The molecule has 5 aromatic rings. The second kappa shape index (κ2) is 9.37. The largest absolute Gasteiger partial charge is 0.464 e. The van der Waals surface area contributed by atoms with Gasteiger partial charge in [-0.05, 0) is 64.6 Å². The molecule has 0 saturated heterocycles. The molecule has 3 aromatic carbocycles. The van der Waals surface area contributed by atoms with Gasteiger partial charge in [-0.3, -0.25) is 0 Å². The van der Waals surface area contributed by atoms with Crippen molar-refractivity contribution in [3.63, 3.8) is 0 Å². The van der Waals surface area contributed by atoms with Crippen molar-refractivity contribution >= 4 is 22.0 Å². The molecule has 0 aliphatic heterocycles. The highest BCUT2D eigenvalue weighted by molar-refractivity contribution is 5.94. The molecule has 0 atom stereocenters. The van der Waals surface area contributed by atoms with Gasteiger partial charge < -0.3 is 8.98 Å². The zero-order chi connectivity index (χ0) is 26.5. The lowest BCUT2D eigenvalue weighted by Gasteiger charge is -2.21. The highest BCUT2D eigenvalue weighted by Gasteiger charge is 2.21. The molecule has 0 N–H and O–H groups in total. The first-order chi connectivity index (χ1) is 17.6. The van der Waals surface area contributed by atoms with Gasteiger partial charge in [0.15, 0.2) is 0 Å². The van der Waals surface area contributed by atoms with Gasteiger partial charge in [-0.1, -0.05) is 84.0 Å². The van der Waals surface area contributed by atoms with E-state index in [9.17, 15) is 0 Å². The summed E-state index contributed by atoms with van der Waals surface area (Å²) in [4.78, 5) is 5.08. The number of hydrogen-bond acceptors (Lipinski definition) is 2. The Bertz CT molecular complexity index is 1550. The first-order valence-electron chi connectivity index (χ1n) is 13.7. The zero-order valence-electron chi connectivity index (χ0n) is 23.6. The van der Waals surface area contributed by atoms with E-state index in [2.05, 4.69) is 68.7 Å². The summed E-state index contributed by atoms with van der Waals surface area (Å²) >= 11 is 0. The van der Waals surface area contributed by atoms with Crippen LogP contribution in [0.2, 0.25) is 0 Å². The van der Waals surface area contributed by atoms with Gasteiger partial charge in [0.25, 0.3) is 0 Å². The lowest BCUT2D eigenvalue weighted by Crippen LogP contribution is -2.10. The van der Waals surface area contributed by atoms with Crippen molar-refractivity contribution in [3.8, 4) is 11.4 Å². The predicted octanol–water partition coefficient (Wildman–Crippen LogP) is 8.94. The van der Waals surface area contributed by atoms with Crippen LogP contribution >= 0.6 is 0 Å². The van der Waals surface area contributed by atoms with Gasteiger partial charge in [-0.2, -0.15) is 0 Å². The fourth-order valence-electron chi connectivity index (χ4n) is 5.11. The Kier molecular flexibility index (Phi) is 5.62. The molecule has 0 spiro atoms. The normalized spacial score (nSPS) is 13.4. The molecule has 0 unspecified atom stereocenters. The number of nitrogens with zero attached hydrogens (tertiary/aromatic N) is 2. The minimum absolute atomic E-state index is 0.139. The fourth-order valence-corrected chi connectivity index (χ4v) is 5.11. The summed E-state index contributed by atoms with van der Waals surface area (Å²) in [7, 11) is 0. The van der Waals surface area contributed by atoms with E-state index in [1.54, 1.807) is 6.26 Å². The molecule has 0 bridgehead atoms. The van der Waals surface area contributed by atoms with Crippen molar-refractivity contribution in [3.05, 3.63) is 89.2 Å². The van der Waals surface area contributed by atoms with Crippen LogP contribution in [0.3, 0.4) is 0 Å². The number of imidazole rings is 1. The van der Waals surface area contributed by atoms with E-state index in [-0.39, 0.29) is 5.92 Å². The molecule has 180 valence electrons. The van der Waals surface area contributed by atoms with Gasteiger partial charge >= 0.3 is 0 Å². The SMILES string of the molecule is [2H]C([2H])(c1ccc2c(-c3nc4ccccc4n3Cc3c(C(C)C)cccc3C(C)C)coc2c1)C(C)C. The highest BCUT2D eigenvalue weighted by atomic mass is 16.3. The van der Waals surface area contributed by atoms with E-state index >= 15 is 0 Å². The Morgan fingerprint density at radius 2 is 1.60 bits per heavy atom. The molecular formula is C32H36N2O. The summed E-state index contributed by atoms with van der Waals surface area (Å²) in [6, 6.07) is 20.7. The third-order valence-electron chi connectivity index (χ3n) is 6.74. The monoisotopic (exact) mass is 466 g/mol. The third-order valence-corrected chi connectivity index (χ3v) is 6.74. The van der Waals surface area contributed by atoms with Gasteiger partial charge in [0.2, 0.25) is 0 Å². The zero-order valence-corrected chi connectivity index (χ0v) is 21.6. The predicted molar refractivity (Wildman–Crippen MR) is 147 cm³/mol. The Labute approximate surface area is 211 Å². The summed E-state index contributed by atoms with van der Waals surface area (Å²) in [6.07, 6.45) is 0.344. The van der Waals surface area contributed by atoms with Gasteiger partial charge in [0.1, 0.15) is 17.7 Å². The van der Waals surface area contributed by atoms with E-state index in [0.717, 1.165) is 34.4 Å². The lowest BCUT2D eigenvalue weighted by molar-refractivity contribution is 0.612. The Morgan fingerprint density at radius 1 is 0.886 bits per heavy atom. The van der Waals surface area contributed by atoms with Gasteiger partial charge in [-0.25, -0.2) is 4.98 Å². The number of benzene rings is 3. The molecule has 3 heteroatoms. The van der Waals surface area contributed by atoms with E-state index in [1.165, 1.54) is 16.7 Å². The molecule has 0 aliphatic rings. The summed E-state index contributed by atoms with van der Waals surface area (Å²) in [5, 5.41) is 0.945. The first kappa shape index (κ1) is 21.0. The molecule has 5 rings (SSSR count). The number of rotatable bonds is 7. The molecule has 2 aromatic heterocycles. The number of hydrogen-bond donors (Lipinski definition) is 0. The molecular weight excluding hydrogens is 428 g/mol.